The third-order valence-corrected chi connectivity index (χ3v) is 2.54. The second kappa shape index (κ2) is 15.2. The van der Waals surface area contributed by atoms with E-state index < -0.39 is 0 Å². The second-order valence-electron chi connectivity index (χ2n) is 4.51. The molecule has 0 bridgehead atoms. The number of rotatable bonds is 8. The summed E-state index contributed by atoms with van der Waals surface area (Å²) in [5.41, 5.74) is 0. The van der Waals surface area contributed by atoms with Crippen molar-refractivity contribution in [1.29, 1.82) is 0 Å². The largest absolute Gasteiger partial charge is 0.463 e. The van der Waals surface area contributed by atoms with Crippen LogP contribution >= 0.6 is 0 Å². The van der Waals surface area contributed by atoms with Crippen molar-refractivity contribution in [2.24, 2.45) is 0 Å². The molecule has 0 heterocycles. The average molecular weight is 300 g/mol. The highest BCUT2D eigenvalue weighted by molar-refractivity contribution is 5.66. The molecule has 0 radical (unpaired) electrons. The number of aliphatic hydroxyl groups is 1. The SMILES string of the molecule is CCCC(CC/C=C/C=C/C#CC#C/C=C\CO)OC(C)=O. The Morgan fingerprint density at radius 2 is 1.86 bits per heavy atom. The van der Waals surface area contributed by atoms with Crippen LogP contribution in [0.15, 0.2) is 36.5 Å². The first-order valence-electron chi connectivity index (χ1n) is 7.46. The van der Waals surface area contributed by atoms with E-state index >= 15 is 0 Å². The van der Waals surface area contributed by atoms with E-state index in [9.17, 15) is 4.79 Å². The fourth-order valence-corrected chi connectivity index (χ4v) is 1.65. The van der Waals surface area contributed by atoms with Gasteiger partial charge in [0.05, 0.1) is 6.61 Å². The zero-order chi connectivity index (χ0) is 16.5. The molecule has 22 heavy (non-hydrogen) atoms. The van der Waals surface area contributed by atoms with Gasteiger partial charge in [-0.15, -0.1) is 0 Å². The molecule has 0 saturated heterocycles. The van der Waals surface area contributed by atoms with Gasteiger partial charge in [-0.2, -0.15) is 0 Å². The summed E-state index contributed by atoms with van der Waals surface area (Å²) in [5, 5.41) is 8.48. The maximum atomic E-state index is 11.0. The molecular weight excluding hydrogens is 276 g/mol. The Hall–Kier alpha value is -2.23. The van der Waals surface area contributed by atoms with E-state index in [1.165, 1.54) is 6.92 Å². The van der Waals surface area contributed by atoms with E-state index in [2.05, 4.69) is 30.6 Å². The summed E-state index contributed by atoms with van der Waals surface area (Å²) in [6.45, 7) is 3.52. The smallest absolute Gasteiger partial charge is 0.302 e. The normalized spacial score (nSPS) is 12.0. The predicted octanol–water partition coefficient (Wildman–Crippen LogP) is 3.17. The highest BCUT2D eigenvalue weighted by Crippen LogP contribution is 2.10. The molecule has 0 spiro atoms. The Morgan fingerprint density at radius 1 is 1.14 bits per heavy atom. The van der Waals surface area contributed by atoms with Gasteiger partial charge in [0.1, 0.15) is 6.10 Å². The van der Waals surface area contributed by atoms with Gasteiger partial charge < -0.3 is 9.84 Å². The summed E-state index contributed by atoms with van der Waals surface area (Å²) >= 11 is 0. The number of esters is 1. The molecule has 1 atom stereocenters. The Morgan fingerprint density at radius 3 is 2.50 bits per heavy atom. The summed E-state index contributed by atoms with van der Waals surface area (Å²) in [6, 6.07) is 0. The van der Waals surface area contributed by atoms with Crippen LogP contribution < -0.4 is 0 Å². The van der Waals surface area contributed by atoms with Gasteiger partial charge in [0.25, 0.3) is 0 Å². The molecular formula is C19H24O3. The lowest BCUT2D eigenvalue weighted by Crippen LogP contribution is -2.15. The van der Waals surface area contributed by atoms with Crippen molar-refractivity contribution in [1.82, 2.24) is 0 Å². The third-order valence-electron chi connectivity index (χ3n) is 2.54. The topological polar surface area (TPSA) is 46.5 Å². The van der Waals surface area contributed by atoms with E-state index in [1.54, 1.807) is 18.2 Å². The van der Waals surface area contributed by atoms with E-state index in [1.807, 2.05) is 18.2 Å². The van der Waals surface area contributed by atoms with Gasteiger partial charge in [0.2, 0.25) is 0 Å². The molecule has 0 aromatic heterocycles. The summed E-state index contributed by atoms with van der Waals surface area (Å²) in [4.78, 5) is 11.0. The van der Waals surface area contributed by atoms with Crippen molar-refractivity contribution < 1.29 is 14.6 Å². The molecule has 0 aromatic carbocycles. The number of carbonyl (C=O) groups excluding carboxylic acids is 1. The van der Waals surface area contributed by atoms with E-state index in [-0.39, 0.29) is 18.7 Å². The molecule has 0 amide bonds. The third kappa shape index (κ3) is 14.2. The molecule has 3 nitrogen and oxygen atoms in total. The molecule has 0 aliphatic rings. The van der Waals surface area contributed by atoms with Crippen LogP contribution in [0.3, 0.4) is 0 Å². The number of allylic oxidation sites excluding steroid dienone is 5. The minimum atomic E-state index is -0.215. The zero-order valence-corrected chi connectivity index (χ0v) is 13.3. The van der Waals surface area contributed by atoms with Crippen molar-refractivity contribution >= 4 is 5.97 Å². The van der Waals surface area contributed by atoms with Gasteiger partial charge in [0, 0.05) is 6.92 Å². The highest BCUT2D eigenvalue weighted by Gasteiger charge is 2.09. The minimum absolute atomic E-state index is 0.0105. The first-order chi connectivity index (χ1) is 10.7. The van der Waals surface area contributed by atoms with Crippen LogP contribution in [0, 0.1) is 23.7 Å². The van der Waals surface area contributed by atoms with Crippen LogP contribution in [0.25, 0.3) is 0 Å². The van der Waals surface area contributed by atoms with Crippen LogP contribution in [-0.2, 0) is 9.53 Å². The molecule has 0 aliphatic carbocycles. The molecule has 118 valence electrons. The van der Waals surface area contributed by atoms with Crippen LogP contribution in [0.5, 0.6) is 0 Å². The molecule has 0 rings (SSSR count). The Bertz CT molecular complexity index is 504. The highest BCUT2D eigenvalue weighted by atomic mass is 16.5. The Labute approximate surface area is 133 Å². The van der Waals surface area contributed by atoms with Crippen LogP contribution in [0.1, 0.15) is 39.5 Å². The minimum Gasteiger partial charge on any atom is -0.463 e. The zero-order valence-electron chi connectivity index (χ0n) is 13.3. The van der Waals surface area contributed by atoms with Crippen LogP contribution in [0.2, 0.25) is 0 Å². The van der Waals surface area contributed by atoms with E-state index in [0.717, 1.165) is 25.7 Å². The van der Waals surface area contributed by atoms with E-state index in [4.69, 9.17) is 9.84 Å². The summed E-state index contributed by atoms with van der Waals surface area (Å²) < 4.78 is 5.24. The first-order valence-corrected chi connectivity index (χ1v) is 7.46. The van der Waals surface area contributed by atoms with Gasteiger partial charge in [-0.3, -0.25) is 4.79 Å². The average Bonchev–Trinajstić information content (AvgIpc) is 2.48. The molecule has 1 unspecified atom stereocenters. The van der Waals surface area contributed by atoms with Crippen molar-refractivity contribution in [2.75, 3.05) is 6.61 Å². The standard InChI is InChI=1S/C19H24O3/c1-3-15-19(22-18(2)21)16-13-11-9-7-5-4-6-8-10-12-14-17-20/h5,7,9,11-12,14,19-20H,3,13,15-17H2,1-2H3/b7-5+,11-9+,14-12-. The predicted molar refractivity (Wildman–Crippen MR) is 89.8 cm³/mol. The number of ether oxygens (including phenoxy) is 1. The van der Waals surface area contributed by atoms with Crippen LogP contribution in [0.4, 0.5) is 0 Å². The summed E-state index contributed by atoms with van der Waals surface area (Å²) in [7, 11) is 0. The lowest BCUT2D eigenvalue weighted by atomic mass is 10.1. The monoisotopic (exact) mass is 300 g/mol. The van der Waals surface area contributed by atoms with Crippen molar-refractivity contribution in [3.05, 3.63) is 36.5 Å². The molecule has 3 heteroatoms. The van der Waals surface area contributed by atoms with Crippen LogP contribution in [-0.4, -0.2) is 23.8 Å². The maximum absolute atomic E-state index is 11.0. The Kier molecular flexibility index (Phi) is 13.6. The summed E-state index contributed by atoms with van der Waals surface area (Å²) in [5.74, 6) is 10.6. The van der Waals surface area contributed by atoms with Gasteiger partial charge in [-0.05, 0) is 43.3 Å². The van der Waals surface area contributed by atoms with Gasteiger partial charge in [-0.1, -0.05) is 49.5 Å². The van der Waals surface area contributed by atoms with Gasteiger partial charge >= 0.3 is 5.97 Å². The second-order valence-corrected chi connectivity index (χ2v) is 4.51. The molecule has 0 aromatic rings. The lowest BCUT2D eigenvalue weighted by molar-refractivity contribution is -0.146. The van der Waals surface area contributed by atoms with Gasteiger partial charge in [0.15, 0.2) is 0 Å². The maximum Gasteiger partial charge on any atom is 0.302 e. The fourth-order valence-electron chi connectivity index (χ4n) is 1.65. The number of hydrogen-bond donors (Lipinski definition) is 1. The molecule has 0 aliphatic heterocycles. The quantitative estimate of drug-likeness (QED) is 0.425. The number of carbonyl (C=O) groups is 1. The lowest BCUT2D eigenvalue weighted by Gasteiger charge is -2.14. The van der Waals surface area contributed by atoms with Crippen molar-refractivity contribution in [2.45, 2.75) is 45.6 Å². The molecule has 0 fully saturated rings. The first kappa shape index (κ1) is 19.8. The fraction of sp³-hybridized carbons (Fsp3) is 0.421. The molecule has 1 N–H and O–H groups in total. The summed E-state index contributed by atoms with van der Waals surface area (Å²) in [6.07, 6.45) is 14.2. The van der Waals surface area contributed by atoms with Crippen molar-refractivity contribution in [3.63, 3.8) is 0 Å². The Balaban J connectivity index is 3.99. The number of aliphatic hydroxyl groups excluding tert-OH is 1. The van der Waals surface area contributed by atoms with Gasteiger partial charge in [-0.25, -0.2) is 0 Å². The number of hydrogen-bond acceptors (Lipinski definition) is 3. The molecule has 0 saturated carbocycles. The van der Waals surface area contributed by atoms with Crippen molar-refractivity contribution in [3.8, 4) is 23.7 Å². The van der Waals surface area contributed by atoms with E-state index in [0.29, 0.717) is 0 Å².